The number of alkyl halides is 3. The van der Waals surface area contributed by atoms with Gasteiger partial charge < -0.3 is 4.55 Å². The largest absolute Gasteiger partial charge is 0.772 e. The molecule has 1 aromatic heterocycles. The van der Waals surface area contributed by atoms with Gasteiger partial charge in [-0.05, 0) is 23.3 Å². The van der Waals surface area contributed by atoms with Crippen LogP contribution in [-0.4, -0.2) is 27.1 Å². The van der Waals surface area contributed by atoms with E-state index in [0.717, 1.165) is 0 Å². The van der Waals surface area contributed by atoms with Crippen molar-refractivity contribution >= 4 is 42.4 Å². The summed E-state index contributed by atoms with van der Waals surface area (Å²) >= 11 is 3.74. The zero-order valence-electron chi connectivity index (χ0n) is 15.1. The third-order valence-electron chi connectivity index (χ3n) is 4.05. The number of halogens is 5. The average molecular weight is 510 g/mol. The lowest BCUT2D eigenvalue weighted by atomic mass is 10.00. The molecule has 0 N–H and O–H groups in total. The van der Waals surface area contributed by atoms with E-state index in [1.165, 1.54) is 48.5 Å². The van der Waals surface area contributed by atoms with Crippen LogP contribution in [0, 0.1) is 0 Å². The smallest absolute Gasteiger partial charge is 0.451 e. The van der Waals surface area contributed by atoms with E-state index < -0.39 is 37.3 Å². The maximum atomic E-state index is 13.3. The molecule has 1 heterocycles. The number of aromatic nitrogens is 2. The number of nitrogens with zero attached hydrogens (tertiary/aromatic N) is 2. The summed E-state index contributed by atoms with van der Waals surface area (Å²) in [6.07, 6.45) is -4.87. The van der Waals surface area contributed by atoms with Crippen LogP contribution >= 0.6 is 22.3 Å². The molecular weight excluding hydrogens is 500 g/mol. The maximum Gasteiger partial charge on any atom is 0.451 e. The van der Waals surface area contributed by atoms with Gasteiger partial charge in [0.05, 0.1) is 10.6 Å². The second kappa shape index (κ2) is 8.83. The fourth-order valence-electron chi connectivity index (χ4n) is 2.70. The minimum atomic E-state index is -4.87. The molecule has 0 fully saturated rings. The van der Waals surface area contributed by atoms with Crippen molar-refractivity contribution in [3.8, 4) is 22.4 Å². The molecule has 164 valence electrons. The second-order valence-electron chi connectivity index (χ2n) is 6.17. The minimum Gasteiger partial charge on any atom is -0.772 e. The molecule has 31 heavy (non-hydrogen) atoms. The zero-order chi connectivity index (χ0) is 23.0. The van der Waals surface area contributed by atoms with Gasteiger partial charge in [-0.2, -0.15) is 13.2 Å². The fourth-order valence-corrected chi connectivity index (χ4v) is 4.22. The van der Waals surface area contributed by atoms with E-state index in [0.29, 0.717) is 5.56 Å². The molecule has 3 rings (SSSR count). The first kappa shape index (κ1) is 23.6. The third-order valence-corrected chi connectivity index (χ3v) is 6.27. The maximum absolute atomic E-state index is 13.3. The molecule has 3 aromatic rings. The summed E-state index contributed by atoms with van der Waals surface area (Å²) in [6, 6.07) is 10.6. The highest BCUT2D eigenvalue weighted by atomic mass is 35.7. The van der Waals surface area contributed by atoms with Crippen molar-refractivity contribution in [3.05, 3.63) is 65.1 Å². The van der Waals surface area contributed by atoms with E-state index in [4.69, 9.17) is 22.3 Å². The van der Waals surface area contributed by atoms with Gasteiger partial charge in [-0.15, -0.1) is 0 Å². The summed E-state index contributed by atoms with van der Waals surface area (Å²) in [6.45, 7) is 0. The SMILES string of the molecule is O=S([O-])Cc1ccc(-c2nc(C(F)(F)F)nc(Cl)c2-c2ccc(S(=O)(=O)Cl)cc2)cc1. The molecule has 0 aliphatic rings. The van der Waals surface area contributed by atoms with E-state index in [1.54, 1.807) is 0 Å². The number of hydrogen-bond donors (Lipinski definition) is 0. The molecule has 0 aliphatic carbocycles. The Morgan fingerprint density at radius 1 is 0.968 bits per heavy atom. The van der Waals surface area contributed by atoms with Gasteiger partial charge in [0.15, 0.2) is 0 Å². The Bertz CT molecular complexity index is 1250. The first-order chi connectivity index (χ1) is 14.4. The van der Waals surface area contributed by atoms with Gasteiger partial charge in [0, 0.05) is 27.6 Å². The molecule has 6 nitrogen and oxygen atoms in total. The van der Waals surface area contributed by atoms with Gasteiger partial charge in [0.25, 0.3) is 9.05 Å². The quantitative estimate of drug-likeness (QED) is 0.278. The molecule has 0 radical (unpaired) electrons. The molecule has 0 amide bonds. The van der Waals surface area contributed by atoms with Crippen LogP contribution in [0.2, 0.25) is 5.15 Å². The summed E-state index contributed by atoms with van der Waals surface area (Å²) in [5.41, 5.74) is 0.769. The fraction of sp³-hybridized carbons (Fsp3) is 0.111. The van der Waals surface area contributed by atoms with Gasteiger partial charge in [-0.3, -0.25) is 4.21 Å². The summed E-state index contributed by atoms with van der Waals surface area (Å²) in [5, 5.41) is -0.497. The van der Waals surface area contributed by atoms with Crippen LogP contribution in [0.4, 0.5) is 13.2 Å². The first-order valence-corrected chi connectivity index (χ1v) is 12.1. The van der Waals surface area contributed by atoms with E-state index >= 15 is 0 Å². The lowest BCUT2D eigenvalue weighted by Gasteiger charge is -2.15. The highest BCUT2D eigenvalue weighted by molar-refractivity contribution is 8.13. The second-order valence-corrected chi connectivity index (χ2v) is 9.99. The van der Waals surface area contributed by atoms with E-state index in [2.05, 4.69) is 9.97 Å². The van der Waals surface area contributed by atoms with Crippen molar-refractivity contribution in [2.75, 3.05) is 0 Å². The van der Waals surface area contributed by atoms with Crippen molar-refractivity contribution in [3.63, 3.8) is 0 Å². The molecule has 1 atom stereocenters. The van der Waals surface area contributed by atoms with E-state index in [9.17, 15) is 30.4 Å². The molecule has 0 spiro atoms. The molecule has 0 saturated carbocycles. The van der Waals surface area contributed by atoms with Gasteiger partial charge in [-0.25, -0.2) is 18.4 Å². The van der Waals surface area contributed by atoms with Crippen molar-refractivity contribution < 1.29 is 30.4 Å². The molecular formula is C18H10Cl2F3N2O4S2-. The monoisotopic (exact) mass is 509 g/mol. The average Bonchev–Trinajstić information content (AvgIpc) is 2.66. The van der Waals surface area contributed by atoms with Crippen LogP contribution < -0.4 is 0 Å². The van der Waals surface area contributed by atoms with Crippen LogP contribution in [0.5, 0.6) is 0 Å². The zero-order valence-corrected chi connectivity index (χ0v) is 18.2. The lowest BCUT2D eigenvalue weighted by Crippen LogP contribution is -2.13. The van der Waals surface area contributed by atoms with Gasteiger partial charge in [-0.1, -0.05) is 59.1 Å². The van der Waals surface area contributed by atoms with Crippen LogP contribution in [-0.2, 0) is 32.1 Å². The number of benzene rings is 2. The highest BCUT2D eigenvalue weighted by Gasteiger charge is 2.36. The Kier molecular flexibility index (Phi) is 6.72. The van der Waals surface area contributed by atoms with Crippen molar-refractivity contribution in [2.45, 2.75) is 16.8 Å². The van der Waals surface area contributed by atoms with Gasteiger partial charge in [0.1, 0.15) is 5.15 Å². The molecule has 13 heteroatoms. The normalized spacial score (nSPS) is 13.2. The van der Waals surface area contributed by atoms with Crippen molar-refractivity contribution in [2.24, 2.45) is 0 Å². The summed E-state index contributed by atoms with van der Waals surface area (Å²) in [4.78, 5) is 6.76. The predicted molar refractivity (Wildman–Crippen MR) is 109 cm³/mol. The van der Waals surface area contributed by atoms with Gasteiger partial charge in [0.2, 0.25) is 5.82 Å². The van der Waals surface area contributed by atoms with Crippen LogP contribution in [0.25, 0.3) is 22.4 Å². The Balaban J connectivity index is 2.20. The minimum absolute atomic E-state index is 0.0355. The lowest BCUT2D eigenvalue weighted by molar-refractivity contribution is -0.144. The number of hydrogen-bond acceptors (Lipinski definition) is 6. The van der Waals surface area contributed by atoms with Gasteiger partial charge >= 0.3 is 6.18 Å². The Hall–Kier alpha value is -2.05. The van der Waals surface area contributed by atoms with Crippen molar-refractivity contribution in [1.29, 1.82) is 0 Å². The first-order valence-electron chi connectivity index (χ1n) is 8.21. The van der Waals surface area contributed by atoms with Crippen molar-refractivity contribution in [1.82, 2.24) is 9.97 Å². The molecule has 0 aliphatic heterocycles. The number of rotatable bonds is 5. The van der Waals surface area contributed by atoms with Crippen LogP contribution in [0.1, 0.15) is 11.4 Å². The molecule has 0 bridgehead atoms. The Morgan fingerprint density at radius 3 is 2.00 bits per heavy atom. The molecule has 0 saturated heterocycles. The standard InChI is InChI=1S/C18H11Cl2F3N2O4S2/c19-16-14(11-5-7-13(8-6-11)31(20,28)29)15(24-17(25-16)18(21,22)23)12-3-1-10(2-4-12)9-30(26)27/h1-8H,9H2,(H,26,27)/p-1. The van der Waals surface area contributed by atoms with Crippen LogP contribution in [0.3, 0.4) is 0 Å². The summed E-state index contributed by atoms with van der Waals surface area (Å²) < 4.78 is 84.3. The van der Waals surface area contributed by atoms with Crippen LogP contribution in [0.15, 0.2) is 53.4 Å². The predicted octanol–water partition coefficient (Wildman–Crippen LogP) is 4.79. The summed E-state index contributed by atoms with van der Waals surface area (Å²) in [7, 11) is 1.28. The Morgan fingerprint density at radius 2 is 1.52 bits per heavy atom. The summed E-state index contributed by atoms with van der Waals surface area (Å²) in [5.74, 6) is -1.72. The molecule has 1 unspecified atom stereocenters. The third kappa shape index (κ3) is 5.60. The van der Waals surface area contributed by atoms with E-state index in [-0.39, 0.29) is 33.0 Å². The Labute approximate surface area is 186 Å². The highest BCUT2D eigenvalue weighted by Crippen LogP contribution is 2.39. The van der Waals surface area contributed by atoms with E-state index in [1.807, 2.05) is 0 Å². The topological polar surface area (TPSA) is 100 Å². The molecule has 2 aromatic carbocycles.